The Bertz CT molecular complexity index is 1180. The number of nitrogens with zero attached hydrogens (tertiary/aromatic N) is 2. The number of sulfonamides is 1. The Labute approximate surface area is 207 Å². The lowest BCUT2D eigenvalue weighted by atomic mass is 10.1. The first-order valence-corrected chi connectivity index (χ1v) is 13.4. The van der Waals surface area contributed by atoms with Gasteiger partial charge in [-0.2, -0.15) is 0 Å². The zero-order valence-corrected chi connectivity index (χ0v) is 21.3. The highest BCUT2D eigenvalue weighted by Crippen LogP contribution is 2.30. The molecule has 0 fully saturated rings. The summed E-state index contributed by atoms with van der Waals surface area (Å²) < 4.78 is 26.3. The van der Waals surface area contributed by atoms with E-state index in [0.717, 1.165) is 28.3 Å². The summed E-state index contributed by atoms with van der Waals surface area (Å²) in [5.41, 5.74) is 2.14. The molecule has 1 aliphatic heterocycles. The quantitative estimate of drug-likeness (QED) is 0.478. The fraction of sp³-hybridized carbons (Fsp3) is 0.423. The van der Waals surface area contributed by atoms with Crippen molar-refractivity contribution in [2.45, 2.75) is 63.9 Å². The third-order valence-electron chi connectivity index (χ3n) is 6.13. The van der Waals surface area contributed by atoms with Gasteiger partial charge in [-0.15, -0.1) is 0 Å². The van der Waals surface area contributed by atoms with Gasteiger partial charge < -0.3 is 10.2 Å². The van der Waals surface area contributed by atoms with Gasteiger partial charge in [-0.3, -0.25) is 14.4 Å². The summed E-state index contributed by atoms with van der Waals surface area (Å²) >= 11 is 0. The smallest absolute Gasteiger partial charge is 0.269 e. The highest BCUT2D eigenvalue weighted by Gasteiger charge is 2.40. The summed E-state index contributed by atoms with van der Waals surface area (Å²) in [4.78, 5) is 40.0. The van der Waals surface area contributed by atoms with Gasteiger partial charge in [0.05, 0.1) is 5.56 Å². The van der Waals surface area contributed by atoms with E-state index in [-0.39, 0.29) is 48.2 Å². The number of fused-ring (bicyclic) bond motifs is 1. The van der Waals surface area contributed by atoms with Crippen LogP contribution in [0.4, 0.5) is 0 Å². The number of rotatable bonds is 11. The van der Waals surface area contributed by atoms with E-state index in [4.69, 9.17) is 0 Å². The molecule has 0 aliphatic carbocycles. The molecule has 0 bridgehead atoms. The molecular formula is C26H33N3O5S. The number of unbranched alkanes of at least 4 members (excludes halogenated alkanes) is 1. The Morgan fingerprint density at radius 2 is 1.74 bits per heavy atom. The number of benzene rings is 2. The average Bonchev–Trinajstić information content (AvgIpc) is 3.04. The van der Waals surface area contributed by atoms with Gasteiger partial charge in [0.15, 0.2) is 0 Å². The summed E-state index contributed by atoms with van der Waals surface area (Å²) in [5, 5.41) is 2.88. The molecule has 1 atom stereocenters. The first-order valence-electron chi connectivity index (χ1n) is 12.0. The number of amides is 3. The number of hydrogen-bond donors (Lipinski definition) is 1. The molecular weight excluding hydrogens is 466 g/mol. The number of nitrogens with one attached hydrogen (secondary N) is 1. The van der Waals surface area contributed by atoms with Gasteiger partial charge in [0.2, 0.25) is 11.8 Å². The fourth-order valence-electron chi connectivity index (χ4n) is 3.98. The van der Waals surface area contributed by atoms with Gasteiger partial charge in [-0.1, -0.05) is 55.3 Å². The van der Waals surface area contributed by atoms with E-state index in [2.05, 4.69) is 5.32 Å². The van der Waals surface area contributed by atoms with Crippen molar-refractivity contribution in [3.05, 3.63) is 65.2 Å². The summed E-state index contributed by atoms with van der Waals surface area (Å²) in [6, 6.07) is 13.1. The van der Waals surface area contributed by atoms with Crippen molar-refractivity contribution >= 4 is 27.7 Å². The van der Waals surface area contributed by atoms with E-state index >= 15 is 0 Å². The molecule has 0 radical (unpaired) electrons. The van der Waals surface area contributed by atoms with Crippen molar-refractivity contribution in [2.75, 3.05) is 13.1 Å². The first kappa shape index (κ1) is 26.4. The molecule has 9 heteroatoms. The minimum absolute atomic E-state index is 0.00491. The SMILES string of the molecule is CCCCNC(=O)C(C)N(Cc1ccc(C)cc1)C(=O)CCCN1C(=O)c2ccccc2S1(=O)=O. The second-order valence-corrected chi connectivity index (χ2v) is 10.6. The van der Waals surface area contributed by atoms with Crippen LogP contribution in [0.15, 0.2) is 53.4 Å². The molecule has 1 N–H and O–H groups in total. The van der Waals surface area contributed by atoms with E-state index in [1.165, 1.54) is 17.0 Å². The Morgan fingerprint density at radius 3 is 2.40 bits per heavy atom. The lowest BCUT2D eigenvalue weighted by Crippen LogP contribution is -2.47. The fourth-order valence-corrected chi connectivity index (χ4v) is 5.59. The Balaban J connectivity index is 1.68. The lowest BCUT2D eigenvalue weighted by Gasteiger charge is -2.29. The van der Waals surface area contributed by atoms with Crippen LogP contribution in [0.5, 0.6) is 0 Å². The Hall–Kier alpha value is -3.20. The van der Waals surface area contributed by atoms with E-state index in [1.54, 1.807) is 19.1 Å². The molecule has 0 saturated heterocycles. The van der Waals surface area contributed by atoms with Crippen molar-refractivity contribution in [3.8, 4) is 0 Å². The van der Waals surface area contributed by atoms with E-state index in [1.807, 2.05) is 38.1 Å². The topological polar surface area (TPSA) is 104 Å². The molecule has 188 valence electrons. The van der Waals surface area contributed by atoms with Crippen LogP contribution in [0.1, 0.15) is 61.0 Å². The van der Waals surface area contributed by atoms with Gasteiger partial charge >= 0.3 is 0 Å². The number of carbonyl (C=O) groups is 3. The summed E-state index contributed by atoms with van der Waals surface area (Å²) in [7, 11) is -3.91. The van der Waals surface area contributed by atoms with Crippen LogP contribution in [0.3, 0.4) is 0 Å². The minimum Gasteiger partial charge on any atom is -0.354 e. The summed E-state index contributed by atoms with van der Waals surface area (Å²) in [6.45, 7) is 6.40. The van der Waals surface area contributed by atoms with Gasteiger partial charge in [-0.05, 0) is 44.4 Å². The molecule has 1 heterocycles. The monoisotopic (exact) mass is 499 g/mol. The molecule has 1 unspecified atom stereocenters. The summed E-state index contributed by atoms with van der Waals surface area (Å²) in [5.74, 6) is -1.08. The predicted molar refractivity (Wildman–Crippen MR) is 133 cm³/mol. The minimum atomic E-state index is -3.91. The van der Waals surface area contributed by atoms with E-state index < -0.39 is 22.0 Å². The number of hydrogen-bond acceptors (Lipinski definition) is 5. The van der Waals surface area contributed by atoms with Gasteiger partial charge in [0.25, 0.3) is 15.9 Å². The Kier molecular flexibility index (Phi) is 8.67. The van der Waals surface area contributed by atoms with Crippen LogP contribution in [0.2, 0.25) is 0 Å². The molecule has 8 nitrogen and oxygen atoms in total. The van der Waals surface area contributed by atoms with Crippen molar-refractivity contribution in [1.29, 1.82) is 0 Å². The predicted octanol–water partition coefficient (Wildman–Crippen LogP) is 3.25. The van der Waals surface area contributed by atoms with Crippen LogP contribution in [-0.4, -0.2) is 54.5 Å². The maximum atomic E-state index is 13.2. The van der Waals surface area contributed by atoms with Crippen molar-refractivity contribution in [2.24, 2.45) is 0 Å². The highest BCUT2D eigenvalue weighted by molar-refractivity contribution is 7.90. The van der Waals surface area contributed by atoms with Crippen molar-refractivity contribution in [3.63, 3.8) is 0 Å². The second-order valence-electron chi connectivity index (χ2n) is 8.81. The van der Waals surface area contributed by atoms with Crippen LogP contribution >= 0.6 is 0 Å². The second kappa shape index (κ2) is 11.5. The van der Waals surface area contributed by atoms with Gasteiger partial charge in [0, 0.05) is 26.1 Å². The third-order valence-corrected chi connectivity index (χ3v) is 7.97. The van der Waals surface area contributed by atoms with E-state index in [9.17, 15) is 22.8 Å². The summed E-state index contributed by atoms with van der Waals surface area (Å²) in [6.07, 6.45) is 1.97. The maximum absolute atomic E-state index is 13.2. The largest absolute Gasteiger partial charge is 0.354 e. The zero-order chi connectivity index (χ0) is 25.6. The molecule has 0 aromatic heterocycles. The maximum Gasteiger partial charge on any atom is 0.269 e. The normalized spacial score (nSPS) is 14.9. The highest BCUT2D eigenvalue weighted by atomic mass is 32.2. The standard InChI is InChI=1S/C26H33N3O5S/c1-4-5-16-27-25(31)20(3)28(18-21-14-12-19(2)13-15-21)24(30)11-8-17-29-26(32)22-9-6-7-10-23(22)35(29,33)34/h6-7,9-10,12-15,20H,4-5,8,11,16-18H2,1-3H3,(H,27,31). The Morgan fingerprint density at radius 1 is 1.06 bits per heavy atom. The lowest BCUT2D eigenvalue weighted by molar-refractivity contribution is -0.140. The molecule has 0 saturated carbocycles. The van der Waals surface area contributed by atoms with Gasteiger partial charge in [0.1, 0.15) is 10.9 Å². The number of carbonyl (C=O) groups excluding carboxylic acids is 3. The van der Waals surface area contributed by atoms with Crippen molar-refractivity contribution in [1.82, 2.24) is 14.5 Å². The molecule has 3 amide bonds. The van der Waals surface area contributed by atoms with Crippen LogP contribution in [0.25, 0.3) is 0 Å². The molecule has 1 aliphatic rings. The molecule has 3 rings (SSSR count). The van der Waals surface area contributed by atoms with Crippen molar-refractivity contribution < 1.29 is 22.8 Å². The molecule has 2 aromatic rings. The van der Waals surface area contributed by atoms with Crippen LogP contribution < -0.4 is 5.32 Å². The molecule has 35 heavy (non-hydrogen) atoms. The van der Waals surface area contributed by atoms with Crippen LogP contribution in [-0.2, 0) is 26.2 Å². The van der Waals surface area contributed by atoms with Gasteiger partial charge in [-0.25, -0.2) is 12.7 Å². The van der Waals surface area contributed by atoms with Crippen LogP contribution in [0, 0.1) is 6.92 Å². The molecule has 2 aromatic carbocycles. The third kappa shape index (κ3) is 6.08. The molecule has 0 spiro atoms. The first-order chi connectivity index (χ1) is 16.7. The number of aryl methyl sites for hydroxylation is 1. The van der Waals surface area contributed by atoms with E-state index in [0.29, 0.717) is 6.54 Å². The zero-order valence-electron chi connectivity index (χ0n) is 20.5. The average molecular weight is 500 g/mol.